The average molecular weight is 333 g/mol. The van der Waals surface area contributed by atoms with Crippen molar-refractivity contribution in [1.29, 1.82) is 0 Å². The van der Waals surface area contributed by atoms with Crippen molar-refractivity contribution in [1.82, 2.24) is 9.80 Å². The van der Waals surface area contributed by atoms with Gasteiger partial charge in [0.25, 0.3) is 0 Å². The van der Waals surface area contributed by atoms with Gasteiger partial charge < -0.3 is 14.2 Å². The van der Waals surface area contributed by atoms with Crippen molar-refractivity contribution < 1.29 is 9.21 Å². The molecular weight excluding hydrogens is 310 g/mol. The molecule has 2 fully saturated rings. The maximum atomic E-state index is 12.6. The summed E-state index contributed by atoms with van der Waals surface area (Å²) in [6.07, 6.45) is 2.62. The summed E-state index contributed by atoms with van der Waals surface area (Å²) in [5.74, 6) is 1.68. The van der Waals surface area contributed by atoms with Crippen LogP contribution in [0.2, 0.25) is 0 Å². The van der Waals surface area contributed by atoms with Crippen LogP contribution in [0.25, 0.3) is 0 Å². The van der Waals surface area contributed by atoms with E-state index >= 15 is 0 Å². The van der Waals surface area contributed by atoms with Crippen LogP contribution in [0.15, 0.2) is 27.8 Å². The lowest BCUT2D eigenvalue weighted by Gasteiger charge is -2.36. The minimum Gasteiger partial charge on any atom is -0.469 e. The van der Waals surface area contributed by atoms with Crippen molar-refractivity contribution in [3.05, 3.63) is 24.2 Å². The standard InChI is InChI=1S/C17H23N3O2S/c1-17(2)11-18-16(23-17)20-7-5-19(6-8-20)15(21)13-10-12(13)14-4-3-9-22-14/h3-4,9,12-13H,5-8,10-11H2,1-2H3/t12-,13+/m0/s1. The molecule has 6 heteroatoms. The summed E-state index contributed by atoms with van der Waals surface area (Å²) in [4.78, 5) is 21.6. The average Bonchev–Trinajstić information content (AvgIpc) is 2.98. The molecule has 1 saturated heterocycles. The minimum atomic E-state index is 0.129. The van der Waals surface area contributed by atoms with Gasteiger partial charge in [0.05, 0.1) is 12.8 Å². The zero-order valence-electron chi connectivity index (χ0n) is 13.7. The lowest BCUT2D eigenvalue weighted by molar-refractivity contribution is -0.133. The van der Waals surface area contributed by atoms with Crippen molar-refractivity contribution in [3.8, 4) is 0 Å². The van der Waals surface area contributed by atoms with E-state index in [1.807, 2.05) is 28.8 Å². The molecule has 1 amide bonds. The van der Waals surface area contributed by atoms with E-state index in [-0.39, 0.29) is 10.7 Å². The molecule has 0 unspecified atom stereocenters. The van der Waals surface area contributed by atoms with Crippen LogP contribution in [0.4, 0.5) is 0 Å². The summed E-state index contributed by atoms with van der Waals surface area (Å²) >= 11 is 1.86. The maximum absolute atomic E-state index is 12.6. The number of aliphatic imine (C=N–C) groups is 1. The molecule has 1 aromatic rings. The number of carbonyl (C=O) groups is 1. The topological polar surface area (TPSA) is 49.0 Å². The Bertz CT molecular complexity index is 618. The first-order valence-corrected chi connectivity index (χ1v) is 9.16. The number of hydrogen-bond donors (Lipinski definition) is 0. The molecular formula is C17H23N3O2S. The van der Waals surface area contributed by atoms with Crippen molar-refractivity contribution in [2.75, 3.05) is 32.7 Å². The summed E-state index contributed by atoms with van der Waals surface area (Å²) in [5, 5.41) is 1.15. The molecule has 3 aliphatic rings. The van der Waals surface area contributed by atoms with Gasteiger partial charge in [0, 0.05) is 42.8 Å². The number of carbonyl (C=O) groups excluding carboxylic acids is 1. The third kappa shape index (κ3) is 3.01. The number of hydrogen-bond acceptors (Lipinski definition) is 5. The van der Waals surface area contributed by atoms with E-state index in [4.69, 9.17) is 4.42 Å². The molecule has 1 aliphatic carbocycles. The van der Waals surface area contributed by atoms with Gasteiger partial charge in [0.15, 0.2) is 5.17 Å². The summed E-state index contributed by atoms with van der Waals surface area (Å²) in [5.41, 5.74) is 0. The number of amides is 1. The van der Waals surface area contributed by atoms with Gasteiger partial charge in [-0.1, -0.05) is 11.8 Å². The Hall–Kier alpha value is -1.43. The van der Waals surface area contributed by atoms with Gasteiger partial charge in [0.2, 0.25) is 5.91 Å². The number of nitrogens with zero attached hydrogens (tertiary/aromatic N) is 3. The third-order valence-corrected chi connectivity index (χ3v) is 6.09. The monoisotopic (exact) mass is 333 g/mol. The highest BCUT2D eigenvalue weighted by atomic mass is 32.2. The lowest BCUT2D eigenvalue weighted by atomic mass is 10.2. The Morgan fingerprint density at radius 2 is 2.13 bits per heavy atom. The highest BCUT2D eigenvalue weighted by molar-refractivity contribution is 8.15. The van der Waals surface area contributed by atoms with E-state index in [0.29, 0.717) is 11.8 Å². The molecule has 2 aliphatic heterocycles. The molecule has 4 rings (SSSR count). The molecule has 2 atom stereocenters. The fraction of sp³-hybridized carbons (Fsp3) is 0.647. The van der Waals surface area contributed by atoms with Crippen LogP contribution in [-0.4, -0.2) is 58.3 Å². The van der Waals surface area contributed by atoms with Crippen LogP contribution < -0.4 is 0 Å². The summed E-state index contributed by atoms with van der Waals surface area (Å²) in [6, 6.07) is 3.88. The van der Waals surface area contributed by atoms with E-state index in [9.17, 15) is 4.79 Å². The zero-order chi connectivity index (χ0) is 16.0. The third-order valence-electron chi connectivity index (χ3n) is 4.84. The Balaban J connectivity index is 1.30. The molecule has 23 heavy (non-hydrogen) atoms. The van der Waals surface area contributed by atoms with Gasteiger partial charge in [-0.25, -0.2) is 0 Å². The van der Waals surface area contributed by atoms with Crippen LogP contribution in [0, 0.1) is 5.92 Å². The molecule has 0 N–H and O–H groups in total. The molecule has 124 valence electrons. The number of piperazine rings is 1. The highest BCUT2D eigenvalue weighted by Crippen LogP contribution is 2.48. The van der Waals surface area contributed by atoms with E-state index in [1.54, 1.807) is 6.26 Å². The quantitative estimate of drug-likeness (QED) is 0.834. The normalized spacial score (nSPS) is 29.6. The number of thioether (sulfide) groups is 1. The molecule has 0 aromatic carbocycles. The fourth-order valence-electron chi connectivity index (χ4n) is 3.37. The number of amidine groups is 1. The lowest BCUT2D eigenvalue weighted by Crippen LogP contribution is -2.50. The minimum absolute atomic E-state index is 0.129. The molecule has 0 radical (unpaired) electrons. The van der Waals surface area contributed by atoms with Gasteiger partial charge in [-0.3, -0.25) is 9.79 Å². The zero-order valence-corrected chi connectivity index (χ0v) is 14.5. The van der Waals surface area contributed by atoms with Crippen LogP contribution >= 0.6 is 11.8 Å². The Morgan fingerprint density at radius 1 is 1.35 bits per heavy atom. The predicted octanol–water partition coefficient (Wildman–Crippen LogP) is 2.41. The SMILES string of the molecule is CC1(C)CN=C(N2CCN(C(=O)[C@@H]3C[C@@H]3c3ccco3)CC2)S1. The van der Waals surface area contributed by atoms with Gasteiger partial charge in [-0.05, 0) is 32.4 Å². The highest BCUT2D eigenvalue weighted by Gasteiger charge is 2.48. The fourth-order valence-corrected chi connectivity index (χ4v) is 4.44. The van der Waals surface area contributed by atoms with Crippen molar-refractivity contribution in [3.63, 3.8) is 0 Å². The Kier molecular flexibility index (Phi) is 3.67. The van der Waals surface area contributed by atoms with Crippen molar-refractivity contribution >= 4 is 22.8 Å². The summed E-state index contributed by atoms with van der Waals surface area (Å²) in [6.45, 7) is 8.75. The van der Waals surface area contributed by atoms with Gasteiger partial charge in [0.1, 0.15) is 5.76 Å². The summed E-state index contributed by atoms with van der Waals surface area (Å²) in [7, 11) is 0. The van der Waals surface area contributed by atoms with E-state index in [1.165, 1.54) is 0 Å². The first-order valence-electron chi connectivity index (χ1n) is 8.34. The van der Waals surface area contributed by atoms with Crippen molar-refractivity contribution in [2.45, 2.75) is 30.9 Å². The van der Waals surface area contributed by atoms with Crippen LogP contribution in [0.3, 0.4) is 0 Å². The van der Waals surface area contributed by atoms with Crippen molar-refractivity contribution in [2.24, 2.45) is 10.9 Å². The molecule has 1 aromatic heterocycles. The van der Waals surface area contributed by atoms with E-state index in [0.717, 1.165) is 50.1 Å². The second kappa shape index (κ2) is 5.58. The first-order chi connectivity index (χ1) is 11.0. The maximum Gasteiger partial charge on any atom is 0.226 e. The van der Waals surface area contributed by atoms with Crippen LogP contribution in [0.5, 0.6) is 0 Å². The van der Waals surface area contributed by atoms with Gasteiger partial charge in [-0.2, -0.15) is 0 Å². The largest absolute Gasteiger partial charge is 0.469 e. The van der Waals surface area contributed by atoms with Crippen LogP contribution in [-0.2, 0) is 4.79 Å². The van der Waals surface area contributed by atoms with Gasteiger partial charge >= 0.3 is 0 Å². The molecule has 0 spiro atoms. The Morgan fingerprint density at radius 3 is 2.74 bits per heavy atom. The first kappa shape index (κ1) is 15.1. The smallest absolute Gasteiger partial charge is 0.226 e. The van der Waals surface area contributed by atoms with E-state index in [2.05, 4.69) is 23.7 Å². The molecule has 1 saturated carbocycles. The second-order valence-corrected chi connectivity index (χ2v) is 8.91. The second-order valence-electron chi connectivity index (χ2n) is 7.24. The summed E-state index contributed by atoms with van der Waals surface area (Å²) < 4.78 is 5.65. The molecule has 5 nitrogen and oxygen atoms in total. The number of furan rings is 1. The Labute approximate surface area is 141 Å². The predicted molar refractivity (Wildman–Crippen MR) is 91.7 cm³/mol. The van der Waals surface area contributed by atoms with Gasteiger partial charge in [-0.15, -0.1) is 0 Å². The van der Waals surface area contributed by atoms with Crippen LogP contribution in [0.1, 0.15) is 31.9 Å². The molecule has 0 bridgehead atoms. The van der Waals surface area contributed by atoms with E-state index < -0.39 is 0 Å². The number of rotatable bonds is 2. The molecule has 3 heterocycles.